The van der Waals surface area contributed by atoms with E-state index in [1.165, 1.54) is 36.9 Å². The highest BCUT2D eigenvalue weighted by Gasteiger charge is 2.67. The molecule has 8 rings (SSSR count). The van der Waals surface area contributed by atoms with E-state index >= 15 is 0 Å². The minimum Gasteiger partial charge on any atom is -0.325 e. The second-order valence-electron chi connectivity index (χ2n) is 14.3. The lowest BCUT2D eigenvalue weighted by Crippen LogP contribution is -2.47. The van der Waals surface area contributed by atoms with Gasteiger partial charge in [-0.05, 0) is 85.0 Å². The smallest absolute Gasteiger partial charge is 0.248 e. The Morgan fingerprint density at radius 2 is 1.78 bits per heavy atom. The number of halogens is 2. The zero-order valence-corrected chi connectivity index (χ0v) is 29.2. The van der Waals surface area contributed by atoms with Gasteiger partial charge in [0.15, 0.2) is 11.6 Å². The van der Waals surface area contributed by atoms with Crippen LogP contribution in [-0.2, 0) is 16.1 Å². The number of likely N-dealkylation sites (tertiary alicyclic amines) is 2. The van der Waals surface area contributed by atoms with Gasteiger partial charge < -0.3 is 15.1 Å². The number of carbonyl (C=O) groups is 3. The Kier molecular flexibility index (Phi) is 7.86. The quantitative estimate of drug-likeness (QED) is 0.201. The number of amides is 2. The number of ketones is 1. The molecule has 2 saturated heterocycles. The Morgan fingerprint density at radius 1 is 1.04 bits per heavy atom. The van der Waals surface area contributed by atoms with Crippen LogP contribution in [0.3, 0.4) is 0 Å². The monoisotopic (exact) mass is 729 g/mol. The number of aryl methyl sites for hydroxylation is 2. The molecule has 1 N–H and O–H groups in total. The number of fused-ring (bicyclic) bond motifs is 3. The van der Waals surface area contributed by atoms with Crippen LogP contribution in [0.15, 0.2) is 35.3 Å². The van der Waals surface area contributed by atoms with Gasteiger partial charge in [0.2, 0.25) is 11.8 Å². The summed E-state index contributed by atoms with van der Waals surface area (Å²) in [6.07, 6.45) is 10.2. The number of nitrogens with zero attached hydrogens (tertiary/aromatic N) is 8. The van der Waals surface area contributed by atoms with Crippen molar-refractivity contribution in [1.29, 1.82) is 0 Å². The lowest BCUT2D eigenvalue weighted by atomic mass is 9.98. The van der Waals surface area contributed by atoms with Crippen molar-refractivity contribution in [3.8, 4) is 11.3 Å². The molecule has 2 amide bonds. The molecule has 12 nitrogen and oxygen atoms in total. The first-order chi connectivity index (χ1) is 23.5. The van der Waals surface area contributed by atoms with E-state index in [-0.39, 0.29) is 51.7 Å². The van der Waals surface area contributed by atoms with Crippen molar-refractivity contribution in [1.82, 2.24) is 39.5 Å². The van der Waals surface area contributed by atoms with Gasteiger partial charge >= 0.3 is 0 Å². The van der Waals surface area contributed by atoms with Crippen molar-refractivity contribution in [2.24, 2.45) is 17.3 Å². The lowest BCUT2D eigenvalue weighted by molar-refractivity contribution is -0.138. The molecular weight excluding hydrogens is 693 g/mol. The maximum Gasteiger partial charge on any atom is 0.248 e. The van der Waals surface area contributed by atoms with Crippen LogP contribution in [0.5, 0.6) is 0 Å². The Bertz CT molecular complexity index is 2010. The summed E-state index contributed by atoms with van der Waals surface area (Å²) >= 11 is 3.12. The molecule has 4 aromatic rings. The summed E-state index contributed by atoms with van der Waals surface area (Å²) in [4.78, 5) is 62.6. The molecule has 4 aromatic heterocycles. The summed E-state index contributed by atoms with van der Waals surface area (Å²) in [6, 6.07) is 2.26. The van der Waals surface area contributed by atoms with Crippen molar-refractivity contribution < 1.29 is 18.8 Å². The van der Waals surface area contributed by atoms with Crippen LogP contribution in [0.4, 0.5) is 10.2 Å². The molecule has 2 aliphatic heterocycles. The van der Waals surface area contributed by atoms with Gasteiger partial charge in [-0.3, -0.25) is 24.0 Å². The fourth-order valence-corrected chi connectivity index (χ4v) is 8.87. The molecule has 0 radical (unpaired) electrons. The highest BCUT2D eigenvalue weighted by molar-refractivity contribution is 9.10. The van der Waals surface area contributed by atoms with Crippen LogP contribution in [0, 0.1) is 36.9 Å². The molecule has 4 aliphatic rings. The van der Waals surface area contributed by atoms with E-state index in [9.17, 15) is 18.8 Å². The number of pyridine rings is 2. The first-order valence-electron chi connectivity index (χ1n) is 16.8. The maximum absolute atomic E-state index is 14.3. The Hall–Kier alpha value is -4.17. The van der Waals surface area contributed by atoms with Gasteiger partial charge in [0, 0.05) is 61.4 Å². The molecule has 4 fully saturated rings. The van der Waals surface area contributed by atoms with Gasteiger partial charge in [-0.15, -0.1) is 0 Å². The number of hydrogen-bond donors (Lipinski definition) is 1. The lowest BCUT2D eigenvalue weighted by Gasteiger charge is -2.27. The SMILES string of the molecule is CC(=O)c1nn(CC(=O)N2[C@H](C(=O)Nc3nc(Br)c(F)cc3C)C[C@@]3(CN4C[C@H]5CCC[C@H]5C4)C[C@@H]23)c2cnc(-c3cnc(C)nc3)cc12. The fourth-order valence-electron chi connectivity index (χ4n) is 8.58. The molecule has 2 saturated carbocycles. The molecule has 0 spiro atoms. The Labute approximate surface area is 291 Å². The minimum absolute atomic E-state index is 0.00478. The number of nitrogens with one attached hydrogen (secondary N) is 1. The fraction of sp³-hybridized carbons (Fsp3) is 0.486. The van der Waals surface area contributed by atoms with E-state index in [1.54, 1.807) is 43.4 Å². The van der Waals surface area contributed by atoms with Crippen LogP contribution >= 0.6 is 15.9 Å². The largest absolute Gasteiger partial charge is 0.325 e. The first kappa shape index (κ1) is 32.1. The standard InChI is InChI=1S/C35H37BrFN9O3/c1-18-7-25(37)32(36)41-33(18)42-34(49)27-9-35(17-44-14-21-5-4-6-22(21)15-44)10-29(35)46(27)30(48)16-45-28-13-40-26(23-11-38-20(3)39-12-23)8-24(28)31(43-45)19(2)47/h7-8,11-13,21-22,27,29H,4-6,9-10,14-17H2,1-3H3,(H,41,42,49)/t21-,22+,27-,29+,35-/m0/s1. The average molecular weight is 731 g/mol. The van der Waals surface area contributed by atoms with Crippen molar-refractivity contribution in [2.45, 2.75) is 71.5 Å². The van der Waals surface area contributed by atoms with Crippen LogP contribution in [0.1, 0.15) is 60.9 Å². The van der Waals surface area contributed by atoms with Crippen molar-refractivity contribution in [2.75, 3.05) is 25.0 Å². The third kappa shape index (κ3) is 5.72. The van der Waals surface area contributed by atoms with E-state index in [2.05, 4.69) is 51.2 Å². The van der Waals surface area contributed by atoms with E-state index in [4.69, 9.17) is 0 Å². The summed E-state index contributed by atoms with van der Waals surface area (Å²) in [5.41, 5.74) is 2.36. The average Bonchev–Trinajstić information content (AvgIpc) is 3.46. The number of hydrogen-bond acceptors (Lipinski definition) is 9. The topological polar surface area (TPSA) is 139 Å². The molecule has 0 unspecified atom stereocenters. The second kappa shape index (κ2) is 12.0. The first-order valence-corrected chi connectivity index (χ1v) is 17.6. The van der Waals surface area contributed by atoms with Crippen molar-refractivity contribution in [3.05, 3.63) is 58.2 Å². The van der Waals surface area contributed by atoms with Gasteiger partial charge in [-0.1, -0.05) is 6.42 Å². The third-order valence-corrected chi connectivity index (χ3v) is 11.6. The highest BCUT2D eigenvalue weighted by Crippen LogP contribution is 2.60. The molecule has 6 heterocycles. The summed E-state index contributed by atoms with van der Waals surface area (Å²) in [6.45, 7) is 7.76. The van der Waals surface area contributed by atoms with Crippen LogP contribution in [-0.4, -0.2) is 88.8 Å². The molecular formula is C35H37BrFN9O3. The zero-order chi connectivity index (χ0) is 34.2. The normalized spacial score (nSPS) is 25.9. The van der Waals surface area contributed by atoms with Gasteiger partial charge in [0.1, 0.15) is 34.5 Å². The summed E-state index contributed by atoms with van der Waals surface area (Å²) in [5, 5.41) is 8.04. The van der Waals surface area contributed by atoms with Crippen molar-refractivity contribution in [3.63, 3.8) is 0 Å². The van der Waals surface area contributed by atoms with Gasteiger partial charge in [-0.2, -0.15) is 5.10 Å². The number of carbonyl (C=O) groups excluding carboxylic acids is 3. The minimum atomic E-state index is -0.737. The van der Waals surface area contributed by atoms with E-state index < -0.39 is 11.9 Å². The van der Waals surface area contributed by atoms with E-state index in [0.717, 1.165) is 37.9 Å². The van der Waals surface area contributed by atoms with Crippen LogP contribution < -0.4 is 5.32 Å². The molecule has 5 atom stereocenters. The zero-order valence-electron chi connectivity index (χ0n) is 27.6. The number of anilines is 1. The van der Waals surface area contributed by atoms with Crippen LogP contribution in [0.2, 0.25) is 0 Å². The van der Waals surface area contributed by atoms with Crippen LogP contribution in [0.25, 0.3) is 22.2 Å². The summed E-state index contributed by atoms with van der Waals surface area (Å²) in [7, 11) is 0. The van der Waals surface area contributed by atoms with Gasteiger partial charge in [-0.25, -0.2) is 19.3 Å². The summed E-state index contributed by atoms with van der Waals surface area (Å²) < 4.78 is 15.6. The number of aromatic nitrogens is 6. The number of rotatable bonds is 8. The van der Waals surface area contributed by atoms with E-state index in [0.29, 0.717) is 40.0 Å². The van der Waals surface area contributed by atoms with Crippen molar-refractivity contribution >= 4 is 50.2 Å². The molecule has 49 heavy (non-hydrogen) atoms. The Balaban J connectivity index is 1.09. The Morgan fingerprint density at radius 3 is 2.49 bits per heavy atom. The molecule has 254 valence electrons. The summed E-state index contributed by atoms with van der Waals surface area (Å²) in [5.74, 6) is 0.998. The molecule has 14 heteroatoms. The number of Topliss-reactive ketones (excluding diaryl/α,β-unsaturated/α-hetero) is 1. The van der Waals surface area contributed by atoms with Gasteiger partial charge in [0.05, 0.1) is 17.4 Å². The van der Waals surface area contributed by atoms with Gasteiger partial charge in [0.25, 0.3) is 0 Å². The maximum atomic E-state index is 14.3. The predicted molar refractivity (Wildman–Crippen MR) is 182 cm³/mol. The second-order valence-corrected chi connectivity index (χ2v) is 15.1. The third-order valence-electron chi connectivity index (χ3n) is 11.0. The number of piperidine rings is 1. The van der Waals surface area contributed by atoms with E-state index in [1.807, 2.05) is 0 Å². The highest BCUT2D eigenvalue weighted by atomic mass is 79.9. The molecule has 2 aliphatic carbocycles. The molecule has 0 aromatic carbocycles. The predicted octanol–water partition coefficient (Wildman–Crippen LogP) is 4.73. The molecule has 0 bridgehead atoms.